The topological polar surface area (TPSA) is 29.1 Å². The quantitative estimate of drug-likeness (QED) is 0.845. The molecule has 1 amide bonds. The van der Waals surface area contributed by atoms with E-state index in [0.717, 1.165) is 24.4 Å². The molecule has 92 valence electrons. The Hall–Kier alpha value is -1.31. The van der Waals surface area contributed by atoms with Gasteiger partial charge in [-0.25, -0.2) is 0 Å². The molecule has 2 heteroatoms. The summed E-state index contributed by atoms with van der Waals surface area (Å²) in [7, 11) is 0. The fraction of sp³-hybridized carbons (Fsp3) is 0.533. The summed E-state index contributed by atoms with van der Waals surface area (Å²) in [5, 5.41) is 3.01. The van der Waals surface area contributed by atoms with Crippen LogP contribution in [0.2, 0.25) is 0 Å². The Morgan fingerprint density at radius 3 is 2.53 bits per heavy atom. The summed E-state index contributed by atoms with van der Waals surface area (Å²) in [5.74, 6) is 0.890. The molecule has 1 aliphatic rings. The highest BCUT2D eigenvalue weighted by Gasteiger charge is 2.13. The summed E-state index contributed by atoms with van der Waals surface area (Å²) < 4.78 is 0. The van der Waals surface area contributed by atoms with E-state index in [0.29, 0.717) is 0 Å². The van der Waals surface area contributed by atoms with Crippen molar-refractivity contribution in [2.75, 3.05) is 6.54 Å². The number of hydrogen-bond acceptors (Lipinski definition) is 1. The van der Waals surface area contributed by atoms with Gasteiger partial charge in [-0.1, -0.05) is 50.3 Å². The van der Waals surface area contributed by atoms with Crippen molar-refractivity contribution in [1.82, 2.24) is 5.32 Å². The van der Waals surface area contributed by atoms with Crippen LogP contribution < -0.4 is 5.32 Å². The lowest BCUT2D eigenvalue weighted by atomic mass is 9.87. The Labute approximate surface area is 103 Å². The summed E-state index contributed by atoms with van der Waals surface area (Å²) in [6.07, 6.45) is 7.97. The maximum Gasteiger partial charge on any atom is 0.251 e. The molecule has 0 heterocycles. The molecule has 0 bridgehead atoms. The molecule has 1 saturated carbocycles. The maximum atomic E-state index is 11.8. The molecule has 0 unspecified atom stereocenters. The largest absolute Gasteiger partial charge is 0.352 e. The number of rotatable bonds is 4. The monoisotopic (exact) mass is 231 g/mol. The highest BCUT2D eigenvalue weighted by Crippen LogP contribution is 2.25. The van der Waals surface area contributed by atoms with Crippen molar-refractivity contribution in [3.63, 3.8) is 0 Å². The lowest BCUT2D eigenvalue weighted by Gasteiger charge is -2.21. The molecular weight excluding hydrogens is 210 g/mol. The third kappa shape index (κ3) is 3.88. The summed E-state index contributed by atoms with van der Waals surface area (Å²) in [5.41, 5.74) is 0.760. The molecule has 2 rings (SSSR count). The summed E-state index contributed by atoms with van der Waals surface area (Å²) in [6.45, 7) is 0.818. The van der Waals surface area contributed by atoms with Crippen LogP contribution in [0.5, 0.6) is 0 Å². The molecule has 0 radical (unpaired) electrons. The first-order chi connectivity index (χ1) is 8.36. The van der Waals surface area contributed by atoms with E-state index in [1.807, 2.05) is 30.3 Å². The van der Waals surface area contributed by atoms with Crippen LogP contribution in [0, 0.1) is 5.92 Å². The molecule has 0 aromatic heterocycles. The Morgan fingerprint density at radius 1 is 1.12 bits per heavy atom. The second-order valence-corrected chi connectivity index (χ2v) is 4.91. The second-order valence-electron chi connectivity index (χ2n) is 4.91. The average Bonchev–Trinajstić information content (AvgIpc) is 2.41. The van der Waals surface area contributed by atoms with Crippen LogP contribution >= 0.6 is 0 Å². The van der Waals surface area contributed by atoms with Gasteiger partial charge >= 0.3 is 0 Å². The molecule has 1 aromatic rings. The molecule has 1 aromatic carbocycles. The summed E-state index contributed by atoms with van der Waals surface area (Å²) >= 11 is 0. The third-order valence-electron chi connectivity index (χ3n) is 3.60. The number of hydrogen-bond donors (Lipinski definition) is 1. The zero-order valence-electron chi connectivity index (χ0n) is 10.3. The van der Waals surface area contributed by atoms with E-state index in [1.54, 1.807) is 0 Å². The third-order valence-corrected chi connectivity index (χ3v) is 3.60. The van der Waals surface area contributed by atoms with E-state index in [9.17, 15) is 4.79 Å². The Kier molecular flexibility index (Phi) is 4.60. The number of amides is 1. The molecule has 0 spiro atoms. The number of benzene rings is 1. The molecule has 17 heavy (non-hydrogen) atoms. The van der Waals surface area contributed by atoms with Gasteiger partial charge in [0.25, 0.3) is 5.91 Å². The summed E-state index contributed by atoms with van der Waals surface area (Å²) in [4.78, 5) is 11.8. The average molecular weight is 231 g/mol. The van der Waals surface area contributed by atoms with Crippen LogP contribution in [0.25, 0.3) is 0 Å². The van der Waals surface area contributed by atoms with Gasteiger partial charge in [-0.05, 0) is 24.5 Å². The molecule has 1 fully saturated rings. The highest BCUT2D eigenvalue weighted by molar-refractivity contribution is 5.94. The van der Waals surface area contributed by atoms with Crippen LogP contribution in [0.15, 0.2) is 30.3 Å². The molecule has 0 atom stereocenters. The van der Waals surface area contributed by atoms with Crippen molar-refractivity contribution < 1.29 is 4.79 Å². The van der Waals surface area contributed by atoms with E-state index in [2.05, 4.69) is 5.32 Å². The van der Waals surface area contributed by atoms with Gasteiger partial charge < -0.3 is 5.32 Å². The Balaban J connectivity index is 1.69. The van der Waals surface area contributed by atoms with Gasteiger partial charge in [-0.2, -0.15) is 0 Å². The van der Waals surface area contributed by atoms with Gasteiger partial charge in [0.1, 0.15) is 0 Å². The van der Waals surface area contributed by atoms with Gasteiger partial charge in [0, 0.05) is 12.1 Å². The predicted octanol–water partition coefficient (Wildman–Crippen LogP) is 3.39. The number of carbonyl (C=O) groups is 1. The molecule has 0 saturated heterocycles. The highest BCUT2D eigenvalue weighted by atomic mass is 16.1. The van der Waals surface area contributed by atoms with Crippen molar-refractivity contribution in [2.24, 2.45) is 5.92 Å². The summed E-state index contributed by atoms with van der Waals surface area (Å²) in [6, 6.07) is 9.44. The van der Waals surface area contributed by atoms with E-state index in [1.165, 1.54) is 32.1 Å². The fourth-order valence-electron chi connectivity index (χ4n) is 2.56. The zero-order chi connectivity index (χ0) is 11.9. The van der Waals surface area contributed by atoms with E-state index < -0.39 is 0 Å². The van der Waals surface area contributed by atoms with Gasteiger partial charge in [0.05, 0.1) is 0 Å². The van der Waals surface area contributed by atoms with Crippen molar-refractivity contribution in [2.45, 2.75) is 38.5 Å². The van der Waals surface area contributed by atoms with E-state index in [-0.39, 0.29) is 5.91 Å². The lowest BCUT2D eigenvalue weighted by Crippen LogP contribution is -2.26. The first-order valence-corrected chi connectivity index (χ1v) is 6.69. The first-order valence-electron chi connectivity index (χ1n) is 6.69. The zero-order valence-corrected chi connectivity index (χ0v) is 10.3. The first kappa shape index (κ1) is 12.2. The van der Waals surface area contributed by atoms with Crippen molar-refractivity contribution in [3.8, 4) is 0 Å². The van der Waals surface area contributed by atoms with E-state index >= 15 is 0 Å². The minimum absolute atomic E-state index is 0.0569. The van der Waals surface area contributed by atoms with Crippen LogP contribution in [0.1, 0.15) is 48.9 Å². The molecule has 1 aliphatic carbocycles. The maximum absolute atomic E-state index is 11.8. The minimum Gasteiger partial charge on any atom is -0.352 e. The molecule has 2 nitrogen and oxygen atoms in total. The van der Waals surface area contributed by atoms with Gasteiger partial charge in [-0.3, -0.25) is 4.79 Å². The van der Waals surface area contributed by atoms with Crippen molar-refractivity contribution in [3.05, 3.63) is 35.9 Å². The fourth-order valence-corrected chi connectivity index (χ4v) is 2.56. The lowest BCUT2D eigenvalue weighted by molar-refractivity contribution is 0.0950. The SMILES string of the molecule is O=C(NCCC1CCCCC1)c1ccccc1. The van der Waals surface area contributed by atoms with Crippen molar-refractivity contribution in [1.29, 1.82) is 0 Å². The Bertz CT molecular complexity index is 341. The van der Waals surface area contributed by atoms with Crippen LogP contribution in [0.4, 0.5) is 0 Å². The number of nitrogens with one attached hydrogen (secondary N) is 1. The van der Waals surface area contributed by atoms with E-state index in [4.69, 9.17) is 0 Å². The Morgan fingerprint density at radius 2 is 1.82 bits per heavy atom. The minimum atomic E-state index is 0.0569. The van der Waals surface area contributed by atoms with Crippen LogP contribution in [-0.2, 0) is 0 Å². The predicted molar refractivity (Wildman–Crippen MR) is 70.0 cm³/mol. The van der Waals surface area contributed by atoms with Gasteiger partial charge in [-0.15, -0.1) is 0 Å². The standard InChI is InChI=1S/C15H21NO/c17-15(14-9-5-2-6-10-14)16-12-11-13-7-3-1-4-8-13/h2,5-6,9-10,13H,1,3-4,7-8,11-12H2,(H,16,17). The molecule has 1 N–H and O–H groups in total. The van der Waals surface area contributed by atoms with Crippen LogP contribution in [-0.4, -0.2) is 12.5 Å². The normalized spacial score (nSPS) is 16.7. The molecular formula is C15H21NO. The van der Waals surface area contributed by atoms with Crippen molar-refractivity contribution >= 4 is 5.91 Å². The smallest absolute Gasteiger partial charge is 0.251 e. The molecule has 0 aliphatic heterocycles. The number of carbonyl (C=O) groups excluding carboxylic acids is 1. The van der Waals surface area contributed by atoms with Crippen LogP contribution in [0.3, 0.4) is 0 Å². The second kappa shape index (κ2) is 6.43. The van der Waals surface area contributed by atoms with Gasteiger partial charge in [0.15, 0.2) is 0 Å². The van der Waals surface area contributed by atoms with Gasteiger partial charge in [0.2, 0.25) is 0 Å².